The Morgan fingerprint density at radius 1 is 1.00 bits per heavy atom. The fourth-order valence-corrected chi connectivity index (χ4v) is 3.74. The lowest BCUT2D eigenvalue weighted by Gasteiger charge is -2.19. The zero-order valence-electron chi connectivity index (χ0n) is 22.4. The lowest BCUT2D eigenvalue weighted by Crippen LogP contribution is -2.32. The molecule has 2 aromatic carbocycles. The fraction of sp³-hybridized carbons (Fsp3) is 0.483. The van der Waals surface area contributed by atoms with Crippen LogP contribution in [0.2, 0.25) is 0 Å². The van der Waals surface area contributed by atoms with E-state index >= 15 is 0 Å². The minimum Gasteiger partial charge on any atom is -0.493 e. The second-order valence-electron chi connectivity index (χ2n) is 10.7. The van der Waals surface area contributed by atoms with Crippen molar-refractivity contribution in [2.75, 3.05) is 19.7 Å². The molecule has 3 N–H and O–H groups in total. The first-order valence-corrected chi connectivity index (χ1v) is 12.9. The highest BCUT2D eigenvalue weighted by Crippen LogP contribution is 2.35. The maximum Gasteiger partial charge on any atom is 0.251 e. The van der Waals surface area contributed by atoms with Gasteiger partial charge < -0.3 is 20.7 Å². The molecule has 37 heavy (non-hydrogen) atoms. The van der Waals surface area contributed by atoms with Gasteiger partial charge in [-0.15, -0.1) is 0 Å². The van der Waals surface area contributed by atoms with Crippen LogP contribution in [0.5, 0.6) is 5.75 Å². The van der Waals surface area contributed by atoms with Gasteiger partial charge in [-0.3, -0.25) is 14.4 Å². The van der Waals surface area contributed by atoms with Crippen molar-refractivity contribution in [1.29, 1.82) is 0 Å². The molecule has 2 aromatic rings. The summed E-state index contributed by atoms with van der Waals surface area (Å²) in [7, 11) is 0. The first-order chi connectivity index (χ1) is 17.5. The SMILES string of the molecule is CCNC(=O)CCCOc1cc(C(=O)NCC(C)(C)C)ccc1-c1cc(C(=O)NC2CC2)cc(F)c1C. The highest BCUT2D eigenvalue weighted by atomic mass is 19.1. The number of carbonyl (C=O) groups excluding carboxylic acids is 3. The second-order valence-corrected chi connectivity index (χ2v) is 10.7. The summed E-state index contributed by atoms with van der Waals surface area (Å²) >= 11 is 0. The molecule has 3 amide bonds. The molecular formula is C29H38FN3O4. The average Bonchev–Trinajstić information content (AvgIpc) is 3.65. The van der Waals surface area contributed by atoms with Crippen LogP contribution in [0.3, 0.4) is 0 Å². The summed E-state index contributed by atoms with van der Waals surface area (Å²) in [5.41, 5.74) is 2.03. The van der Waals surface area contributed by atoms with Crippen molar-refractivity contribution in [2.45, 2.75) is 66.3 Å². The molecule has 0 aliphatic heterocycles. The summed E-state index contributed by atoms with van der Waals surface area (Å²) in [6.07, 6.45) is 2.64. The van der Waals surface area contributed by atoms with Gasteiger partial charge in [0, 0.05) is 42.2 Å². The quantitative estimate of drug-likeness (QED) is 0.379. The molecule has 7 nitrogen and oxygen atoms in total. The Balaban J connectivity index is 1.91. The van der Waals surface area contributed by atoms with Gasteiger partial charge in [0.25, 0.3) is 11.8 Å². The van der Waals surface area contributed by atoms with E-state index in [9.17, 15) is 18.8 Å². The average molecular weight is 512 g/mol. The summed E-state index contributed by atoms with van der Waals surface area (Å²) in [6.45, 7) is 10.9. The summed E-state index contributed by atoms with van der Waals surface area (Å²) in [6, 6.07) is 8.08. The summed E-state index contributed by atoms with van der Waals surface area (Å²) in [4.78, 5) is 37.3. The molecular weight excluding hydrogens is 473 g/mol. The highest BCUT2D eigenvalue weighted by molar-refractivity contribution is 5.98. The zero-order chi connectivity index (χ0) is 27.2. The highest BCUT2D eigenvalue weighted by Gasteiger charge is 2.25. The van der Waals surface area contributed by atoms with Crippen molar-refractivity contribution in [1.82, 2.24) is 16.0 Å². The van der Waals surface area contributed by atoms with Crippen molar-refractivity contribution in [3.63, 3.8) is 0 Å². The molecule has 0 spiro atoms. The van der Waals surface area contributed by atoms with Gasteiger partial charge in [-0.25, -0.2) is 4.39 Å². The molecule has 3 rings (SSSR count). The Bertz CT molecular complexity index is 1150. The van der Waals surface area contributed by atoms with Crippen molar-refractivity contribution in [2.24, 2.45) is 5.41 Å². The number of nitrogens with one attached hydrogen (secondary N) is 3. The van der Waals surface area contributed by atoms with Crippen LogP contribution in [0, 0.1) is 18.2 Å². The first kappa shape index (κ1) is 28.2. The van der Waals surface area contributed by atoms with Gasteiger partial charge in [0.05, 0.1) is 6.61 Å². The van der Waals surface area contributed by atoms with Crippen LogP contribution < -0.4 is 20.7 Å². The van der Waals surface area contributed by atoms with Crippen molar-refractivity contribution in [3.05, 3.63) is 52.8 Å². The van der Waals surface area contributed by atoms with E-state index in [1.54, 1.807) is 31.2 Å². The summed E-state index contributed by atoms with van der Waals surface area (Å²) in [5.74, 6) is -0.720. The molecule has 0 heterocycles. The lowest BCUT2D eigenvalue weighted by atomic mass is 9.95. The molecule has 0 bridgehead atoms. The molecule has 1 saturated carbocycles. The van der Waals surface area contributed by atoms with Gasteiger partial charge in [-0.05, 0) is 80.0 Å². The number of amides is 3. The molecule has 1 fully saturated rings. The van der Waals surface area contributed by atoms with Crippen LogP contribution in [-0.4, -0.2) is 43.5 Å². The van der Waals surface area contributed by atoms with E-state index in [1.165, 1.54) is 6.07 Å². The topological polar surface area (TPSA) is 96.5 Å². The molecule has 0 unspecified atom stereocenters. The van der Waals surface area contributed by atoms with Gasteiger partial charge >= 0.3 is 0 Å². The van der Waals surface area contributed by atoms with E-state index in [-0.39, 0.29) is 41.3 Å². The van der Waals surface area contributed by atoms with Crippen LogP contribution in [-0.2, 0) is 4.79 Å². The van der Waals surface area contributed by atoms with Gasteiger partial charge in [-0.1, -0.05) is 20.8 Å². The number of benzene rings is 2. The van der Waals surface area contributed by atoms with Gasteiger partial charge in [-0.2, -0.15) is 0 Å². The molecule has 1 aliphatic carbocycles. The molecule has 0 atom stereocenters. The van der Waals surface area contributed by atoms with Gasteiger partial charge in [0.1, 0.15) is 11.6 Å². The van der Waals surface area contributed by atoms with Crippen LogP contribution >= 0.6 is 0 Å². The Kier molecular flexibility index (Phi) is 9.29. The third-order valence-electron chi connectivity index (χ3n) is 6.01. The molecule has 200 valence electrons. The minimum atomic E-state index is -0.493. The molecule has 0 aromatic heterocycles. The summed E-state index contributed by atoms with van der Waals surface area (Å²) in [5, 5.41) is 8.58. The van der Waals surface area contributed by atoms with E-state index in [0.29, 0.717) is 53.9 Å². The third kappa shape index (κ3) is 8.30. The predicted molar refractivity (Wildman–Crippen MR) is 142 cm³/mol. The van der Waals surface area contributed by atoms with E-state index in [2.05, 4.69) is 16.0 Å². The van der Waals surface area contributed by atoms with Crippen LogP contribution in [0.15, 0.2) is 30.3 Å². The van der Waals surface area contributed by atoms with Crippen molar-refractivity contribution >= 4 is 17.7 Å². The molecule has 8 heteroatoms. The molecule has 0 radical (unpaired) electrons. The maximum atomic E-state index is 14.9. The number of rotatable bonds is 11. The van der Waals surface area contributed by atoms with Crippen LogP contribution in [0.25, 0.3) is 11.1 Å². The Hall–Kier alpha value is -3.42. The third-order valence-corrected chi connectivity index (χ3v) is 6.01. The van der Waals surface area contributed by atoms with Crippen LogP contribution in [0.1, 0.15) is 79.7 Å². The normalized spacial score (nSPS) is 13.1. The van der Waals surface area contributed by atoms with E-state index in [1.807, 2.05) is 27.7 Å². The maximum absolute atomic E-state index is 14.9. The minimum absolute atomic E-state index is 0.0612. The van der Waals surface area contributed by atoms with Crippen molar-refractivity contribution < 1.29 is 23.5 Å². The lowest BCUT2D eigenvalue weighted by molar-refractivity contribution is -0.121. The number of carbonyl (C=O) groups is 3. The second kappa shape index (κ2) is 12.2. The summed E-state index contributed by atoms with van der Waals surface area (Å²) < 4.78 is 21.0. The van der Waals surface area contributed by atoms with E-state index in [4.69, 9.17) is 4.74 Å². The monoisotopic (exact) mass is 511 g/mol. The standard InChI is InChI=1S/C29H38FN3O4/c1-6-31-26(34)8-7-13-37-25-16-19(27(35)32-17-29(3,4)5)9-12-22(25)23-14-20(15-24(30)18(23)2)28(36)33-21-10-11-21/h9,12,14-16,21H,6-8,10-11,13,17H2,1-5H3,(H,31,34)(H,32,35)(H,33,36). The van der Waals surface area contributed by atoms with Crippen molar-refractivity contribution in [3.8, 4) is 16.9 Å². The Morgan fingerprint density at radius 3 is 2.38 bits per heavy atom. The predicted octanol–water partition coefficient (Wildman–Crippen LogP) is 4.76. The largest absolute Gasteiger partial charge is 0.493 e. The van der Waals surface area contributed by atoms with Gasteiger partial charge in [0.15, 0.2) is 0 Å². The van der Waals surface area contributed by atoms with Gasteiger partial charge in [0.2, 0.25) is 5.91 Å². The van der Waals surface area contributed by atoms with Crippen LogP contribution in [0.4, 0.5) is 4.39 Å². The number of hydrogen-bond acceptors (Lipinski definition) is 4. The Morgan fingerprint density at radius 2 is 1.73 bits per heavy atom. The zero-order valence-corrected chi connectivity index (χ0v) is 22.4. The molecule has 0 saturated heterocycles. The Labute approximate surface area is 218 Å². The number of hydrogen-bond donors (Lipinski definition) is 3. The first-order valence-electron chi connectivity index (χ1n) is 12.9. The number of ether oxygens (including phenoxy) is 1. The smallest absolute Gasteiger partial charge is 0.251 e. The van der Waals surface area contributed by atoms with E-state index in [0.717, 1.165) is 12.8 Å². The molecule has 1 aliphatic rings. The van der Waals surface area contributed by atoms with E-state index < -0.39 is 5.82 Å². The fourth-order valence-electron chi connectivity index (χ4n) is 3.74. The number of halogens is 1.